The fourth-order valence-corrected chi connectivity index (χ4v) is 1.88. The molecule has 0 aromatic rings. The Morgan fingerprint density at radius 2 is 2.14 bits per heavy atom. The molecule has 1 fully saturated rings. The van der Waals surface area contributed by atoms with E-state index in [0.717, 1.165) is 5.92 Å². The summed E-state index contributed by atoms with van der Waals surface area (Å²) in [5.41, 5.74) is 4.88. The molecule has 0 saturated heterocycles. The highest BCUT2D eigenvalue weighted by Gasteiger charge is 2.27. The summed E-state index contributed by atoms with van der Waals surface area (Å²) in [6.45, 7) is 6.75. The summed E-state index contributed by atoms with van der Waals surface area (Å²) in [4.78, 5) is 11.1. The van der Waals surface area contributed by atoms with Gasteiger partial charge in [-0.15, -0.1) is 0 Å². The van der Waals surface area contributed by atoms with Crippen molar-refractivity contribution >= 4 is 5.91 Å². The van der Waals surface area contributed by atoms with Gasteiger partial charge in [0.25, 0.3) is 0 Å². The zero-order chi connectivity index (χ0) is 10.8. The maximum Gasteiger partial charge on any atom is 0.224 e. The van der Waals surface area contributed by atoms with Gasteiger partial charge < -0.3 is 11.1 Å². The van der Waals surface area contributed by atoms with Crippen LogP contribution in [0.5, 0.6) is 0 Å². The molecular formula is C11H22N2O. The van der Waals surface area contributed by atoms with Crippen molar-refractivity contribution in [2.75, 3.05) is 6.54 Å². The molecule has 0 bridgehead atoms. The first-order valence-electron chi connectivity index (χ1n) is 5.45. The normalized spacial score (nSPS) is 27.9. The molecule has 3 N–H and O–H groups in total. The van der Waals surface area contributed by atoms with Crippen LogP contribution in [0.15, 0.2) is 0 Å². The summed E-state index contributed by atoms with van der Waals surface area (Å²) in [7, 11) is 0. The maximum absolute atomic E-state index is 11.1. The Kier molecular flexibility index (Phi) is 3.53. The van der Waals surface area contributed by atoms with Crippen molar-refractivity contribution in [2.45, 2.75) is 46.1 Å². The van der Waals surface area contributed by atoms with E-state index in [1.807, 2.05) is 13.8 Å². The predicted octanol–water partition coefficient (Wildman–Crippen LogP) is 1.28. The Balaban J connectivity index is 2.30. The fourth-order valence-electron chi connectivity index (χ4n) is 1.88. The Hall–Kier alpha value is -0.570. The largest absolute Gasteiger partial charge is 0.369 e. The van der Waals surface area contributed by atoms with E-state index in [0.29, 0.717) is 12.6 Å². The van der Waals surface area contributed by atoms with Gasteiger partial charge in [-0.1, -0.05) is 6.92 Å². The average molecular weight is 198 g/mol. The van der Waals surface area contributed by atoms with E-state index in [1.54, 1.807) is 0 Å². The summed E-state index contributed by atoms with van der Waals surface area (Å²) >= 11 is 0. The molecule has 2 unspecified atom stereocenters. The fraction of sp³-hybridized carbons (Fsp3) is 0.909. The molecule has 1 saturated carbocycles. The van der Waals surface area contributed by atoms with Crippen LogP contribution in [0.2, 0.25) is 0 Å². The third kappa shape index (κ3) is 2.98. The van der Waals surface area contributed by atoms with E-state index in [4.69, 9.17) is 5.73 Å². The molecule has 82 valence electrons. The van der Waals surface area contributed by atoms with Crippen LogP contribution in [0.25, 0.3) is 0 Å². The third-order valence-electron chi connectivity index (χ3n) is 3.19. The maximum atomic E-state index is 11.1. The van der Waals surface area contributed by atoms with Crippen LogP contribution in [0, 0.1) is 11.3 Å². The van der Waals surface area contributed by atoms with Crippen LogP contribution >= 0.6 is 0 Å². The minimum absolute atomic E-state index is 0.226. The lowest BCUT2D eigenvalue weighted by atomic mass is 9.92. The van der Waals surface area contributed by atoms with Crippen LogP contribution < -0.4 is 11.1 Å². The Morgan fingerprint density at radius 3 is 2.57 bits per heavy atom. The van der Waals surface area contributed by atoms with Crippen LogP contribution in [-0.4, -0.2) is 18.5 Å². The number of carbonyl (C=O) groups excluding carboxylic acids is 1. The zero-order valence-electron chi connectivity index (χ0n) is 9.47. The topological polar surface area (TPSA) is 55.1 Å². The lowest BCUT2D eigenvalue weighted by Crippen LogP contribution is -2.43. The van der Waals surface area contributed by atoms with E-state index in [2.05, 4.69) is 12.2 Å². The molecule has 1 amide bonds. The van der Waals surface area contributed by atoms with Crippen molar-refractivity contribution in [3.05, 3.63) is 0 Å². The van der Waals surface area contributed by atoms with E-state index >= 15 is 0 Å². The number of hydrogen-bond acceptors (Lipinski definition) is 2. The molecule has 0 aliphatic heterocycles. The van der Waals surface area contributed by atoms with Crippen molar-refractivity contribution in [1.29, 1.82) is 0 Å². The molecule has 3 heteroatoms. The van der Waals surface area contributed by atoms with Crippen molar-refractivity contribution in [1.82, 2.24) is 5.32 Å². The lowest BCUT2D eigenvalue weighted by molar-refractivity contribution is -0.125. The predicted molar refractivity (Wildman–Crippen MR) is 57.8 cm³/mol. The summed E-state index contributed by atoms with van der Waals surface area (Å²) < 4.78 is 0. The van der Waals surface area contributed by atoms with Gasteiger partial charge in [0.05, 0.1) is 5.41 Å². The van der Waals surface area contributed by atoms with E-state index < -0.39 is 5.41 Å². The van der Waals surface area contributed by atoms with Gasteiger partial charge in [0, 0.05) is 12.6 Å². The van der Waals surface area contributed by atoms with Crippen molar-refractivity contribution in [2.24, 2.45) is 17.1 Å². The SMILES string of the molecule is CC1CCC(NCC(C)(C)C(N)=O)C1. The standard InChI is InChI=1S/C11H22N2O/c1-8-4-5-9(6-8)13-7-11(2,3)10(12)14/h8-9,13H,4-7H2,1-3H3,(H2,12,14). The molecule has 14 heavy (non-hydrogen) atoms. The molecule has 1 aliphatic rings. The van der Waals surface area contributed by atoms with Crippen LogP contribution in [0.4, 0.5) is 0 Å². The van der Waals surface area contributed by atoms with Crippen LogP contribution in [0.1, 0.15) is 40.0 Å². The summed E-state index contributed by atoms with van der Waals surface area (Å²) in [5.74, 6) is 0.597. The first kappa shape index (κ1) is 11.5. The van der Waals surface area contributed by atoms with Crippen molar-refractivity contribution in [3.63, 3.8) is 0 Å². The van der Waals surface area contributed by atoms with Gasteiger partial charge in [0.15, 0.2) is 0 Å². The highest BCUT2D eigenvalue weighted by molar-refractivity contribution is 5.80. The minimum Gasteiger partial charge on any atom is -0.369 e. The Bertz CT molecular complexity index is 213. The van der Waals surface area contributed by atoms with Gasteiger partial charge in [0.1, 0.15) is 0 Å². The monoisotopic (exact) mass is 198 g/mol. The molecule has 0 aromatic heterocycles. The second-order valence-corrected chi connectivity index (χ2v) is 5.24. The van der Waals surface area contributed by atoms with Gasteiger partial charge in [-0.25, -0.2) is 0 Å². The second kappa shape index (κ2) is 4.30. The minimum atomic E-state index is -0.425. The van der Waals surface area contributed by atoms with Gasteiger partial charge >= 0.3 is 0 Å². The summed E-state index contributed by atoms with van der Waals surface area (Å²) in [6.07, 6.45) is 3.76. The Morgan fingerprint density at radius 1 is 1.50 bits per heavy atom. The van der Waals surface area contributed by atoms with Crippen molar-refractivity contribution in [3.8, 4) is 0 Å². The Labute approximate surface area is 86.4 Å². The third-order valence-corrected chi connectivity index (χ3v) is 3.19. The first-order valence-corrected chi connectivity index (χ1v) is 5.45. The highest BCUT2D eigenvalue weighted by atomic mass is 16.1. The number of rotatable bonds is 4. The van der Waals surface area contributed by atoms with E-state index in [9.17, 15) is 4.79 Å². The van der Waals surface area contributed by atoms with E-state index in [-0.39, 0.29) is 5.91 Å². The molecule has 0 aromatic carbocycles. The van der Waals surface area contributed by atoms with Gasteiger partial charge in [-0.05, 0) is 39.0 Å². The summed E-state index contributed by atoms with van der Waals surface area (Å²) in [6, 6.07) is 0.587. The number of nitrogens with two attached hydrogens (primary N) is 1. The average Bonchev–Trinajstić information content (AvgIpc) is 2.48. The molecule has 0 radical (unpaired) electrons. The smallest absolute Gasteiger partial charge is 0.224 e. The van der Waals surface area contributed by atoms with E-state index in [1.165, 1.54) is 19.3 Å². The number of amides is 1. The highest BCUT2D eigenvalue weighted by Crippen LogP contribution is 2.25. The molecule has 1 aliphatic carbocycles. The van der Waals surface area contributed by atoms with Crippen LogP contribution in [0.3, 0.4) is 0 Å². The molecular weight excluding hydrogens is 176 g/mol. The molecule has 0 heterocycles. The summed E-state index contributed by atoms with van der Waals surface area (Å²) in [5, 5.41) is 3.43. The molecule has 2 atom stereocenters. The van der Waals surface area contributed by atoms with Crippen LogP contribution in [-0.2, 0) is 4.79 Å². The van der Waals surface area contributed by atoms with Gasteiger partial charge in [-0.3, -0.25) is 4.79 Å². The molecule has 0 spiro atoms. The lowest BCUT2D eigenvalue weighted by Gasteiger charge is -2.23. The number of nitrogens with one attached hydrogen (secondary N) is 1. The van der Waals surface area contributed by atoms with Gasteiger partial charge in [0.2, 0.25) is 5.91 Å². The second-order valence-electron chi connectivity index (χ2n) is 5.24. The number of carbonyl (C=O) groups is 1. The quantitative estimate of drug-likeness (QED) is 0.715. The molecule has 1 rings (SSSR count). The zero-order valence-corrected chi connectivity index (χ0v) is 9.47. The number of hydrogen-bond donors (Lipinski definition) is 2. The molecule has 3 nitrogen and oxygen atoms in total. The first-order chi connectivity index (χ1) is 6.42. The van der Waals surface area contributed by atoms with Crippen molar-refractivity contribution < 1.29 is 4.79 Å². The number of primary amides is 1. The van der Waals surface area contributed by atoms with Gasteiger partial charge in [-0.2, -0.15) is 0 Å².